The molecule has 1 aliphatic heterocycles. The van der Waals surface area contributed by atoms with Gasteiger partial charge in [-0.2, -0.15) is 16.2 Å². The Labute approximate surface area is 93.7 Å². The van der Waals surface area contributed by atoms with Crippen LogP contribution >= 0.6 is 11.8 Å². The minimum Gasteiger partial charge on any atom is -0.366 e. The molecule has 1 N–H and O–H groups in total. The van der Waals surface area contributed by atoms with Gasteiger partial charge in [0.2, 0.25) is 5.95 Å². The predicted octanol–water partition coefficient (Wildman–Crippen LogP) is 2.92. The van der Waals surface area contributed by atoms with E-state index in [-0.39, 0.29) is 0 Å². The minimum absolute atomic E-state index is 0.415. The van der Waals surface area contributed by atoms with Gasteiger partial charge in [-0.3, -0.25) is 0 Å². The largest absolute Gasteiger partial charge is 0.366 e. The van der Waals surface area contributed by atoms with Crippen LogP contribution in [0.25, 0.3) is 0 Å². The lowest BCUT2D eigenvalue weighted by atomic mass is 10.1. The van der Waals surface area contributed by atoms with Crippen molar-refractivity contribution in [2.75, 3.05) is 11.1 Å². The van der Waals surface area contributed by atoms with E-state index in [0.29, 0.717) is 17.1 Å². The van der Waals surface area contributed by atoms with Gasteiger partial charge in [0.05, 0.1) is 0 Å². The lowest BCUT2D eigenvalue weighted by Crippen LogP contribution is -2.33. The van der Waals surface area contributed by atoms with Crippen molar-refractivity contribution in [3.63, 3.8) is 0 Å². The average Bonchev–Trinajstić information content (AvgIpc) is 2.22. The quantitative estimate of drug-likeness (QED) is 0.785. The van der Waals surface area contributed by atoms with Gasteiger partial charge in [0, 0.05) is 11.3 Å². The van der Waals surface area contributed by atoms with E-state index in [2.05, 4.69) is 17.2 Å². The molecule has 1 aliphatic rings. The molecule has 1 aromatic rings. The molecule has 0 saturated carbocycles. The van der Waals surface area contributed by atoms with Crippen molar-refractivity contribution in [2.24, 2.45) is 0 Å². The van der Waals surface area contributed by atoms with Gasteiger partial charge in [-0.1, -0.05) is 13.0 Å². The van der Waals surface area contributed by atoms with Crippen LogP contribution in [0.3, 0.4) is 0 Å². The van der Waals surface area contributed by atoms with Gasteiger partial charge in [0.1, 0.15) is 5.82 Å². The number of anilines is 1. The van der Waals surface area contributed by atoms with E-state index < -0.39 is 5.95 Å². The fourth-order valence-electron chi connectivity index (χ4n) is 1.79. The van der Waals surface area contributed by atoms with Crippen molar-refractivity contribution in [1.29, 1.82) is 0 Å². The summed E-state index contributed by atoms with van der Waals surface area (Å²) < 4.78 is 12.9. The van der Waals surface area contributed by atoms with Crippen molar-refractivity contribution < 1.29 is 4.39 Å². The van der Waals surface area contributed by atoms with Crippen LogP contribution in [0.2, 0.25) is 0 Å². The van der Waals surface area contributed by atoms with E-state index in [1.165, 1.54) is 18.2 Å². The Bertz CT molecular complexity index is 332. The second-order valence-corrected chi connectivity index (χ2v) is 5.30. The molecule has 0 bridgehead atoms. The number of rotatable bonds is 2. The number of halogens is 1. The molecular weight excluding hydrogens is 211 g/mol. The molecule has 2 atom stereocenters. The molecule has 15 heavy (non-hydrogen) atoms. The molecule has 0 amide bonds. The second kappa shape index (κ2) is 4.84. The average molecular weight is 226 g/mol. The topological polar surface area (TPSA) is 24.9 Å². The second-order valence-electron chi connectivity index (χ2n) is 3.81. The summed E-state index contributed by atoms with van der Waals surface area (Å²) in [6, 6.07) is 5.28. The van der Waals surface area contributed by atoms with Gasteiger partial charge < -0.3 is 5.32 Å². The predicted molar refractivity (Wildman–Crippen MR) is 62.8 cm³/mol. The van der Waals surface area contributed by atoms with E-state index in [1.54, 1.807) is 6.07 Å². The van der Waals surface area contributed by atoms with Gasteiger partial charge in [-0.15, -0.1) is 0 Å². The Hall–Kier alpha value is -0.770. The summed E-state index contributed by atoms with van der Waals surface area (Å²) >= 11 is 1.97. The van der Waals surface area contributed by atoms with E-state index in [0.717, 1.165) is 6.42 Å². The lowest BCUT2D eigenvalue weighted by molar-refractivity contribution is 0.577. The summed E-state index contributed by atoms with van der Waals surface area (Å²) in [6.45, 7) is 2.21. The number of nitrogens with zero attached hydrogens (tertiary/aromatic N) is 1. The lowest BCUT2D eigenvalue weighted by Gasteiger charge is -2.29. The third-order valence-corrected chi connectivity index (χ3v) is 4.03. The normalized spacial score (nSPS) is 26.3. The SMILES string of the molecule is CC1SCCCC1Nc1cccc(F)n1. The van der Waals surface area contributed by atoms with Crippen LogP contribution in [0.5, 0.6) is 0 Å². The van der Waals surface area contributed by atoms with Crippen molar-refractivity contribution in [1.82, 2.24) is 4.98 Å². The molecule has 0 aliphatic carbocycles. The number of nitrogens with one attached hydrogen (secondary N) is 1. The molecule has 2 unspecified atom stereocenters. The Morgan fingerprint density at radius 3 is 3.13 bits per heavy atom. The van der Waals surface area contributed by atoms with E-state index in [1.807, 2.05) is 17.8 Å². The molecule has 82 valence electrons. The summed E-state index contributed by atoms with van der Waals surface area (Å²) in [5.74, 6) is 1.46. The van der Waals surface area contributed by atoms with Gasteiger partial charge >= 0.3 is 0 Å². The van der Waals surface area contributed by atoms with Gasteiger partial charge in [0.15, 0.2) is 0 Å². The highest BCUT2D eigenvalue weighted by atomic mass is 32.2. The highest BCUT2D eigenvalue weighted by molar-refractivity contribution is 8.00. The first-order chi connectivity index (χ1) is 7.25. The smallest absolute Gasteiger partial charge is 0.214 e. The van der Waals surface area contributed by atoms with Gasteiger partial charge in [0.25, 0.3) is 0 Å². The Kier molecular flexibility index (Phi) is 3.46. The maximum absolute atomic E-state index is 12.9. The zero-order valence-corrected chi connectivity index (χ0v) is 9.56. The number of hydrogen-bond acceptors (Lipinski definition) is 3. The molecule has 4 heteroatoms. The molecule has 2 heterocycles. The molecule has 2 nitrogen and oxygen atoms in total. The first-order valence-corrected chi connectivity index (χ1v) is 6.31. The zero-order chi connectivity index (χ0) is 10.7. The highest BCUT2D eigenvalue weighted by Gasteiger charge is 2.21. The Morgan fingerprint density at radius 2 is 2.40 bits per heavy atom. The molecule has 1 fully saturated rings. The number of aromatic nitrogens is 1. The van der Waals surface area contributed by atoms with Crippen LogP contribution in [-0.2, 0) is 0 Å². The summed E-state index contributed by atoms with van der Waals surface area (Å²) in [7, 11) is 0. The molecule has 0 aromatic carbocycles. The third-order valence-electron chi connectivity index (χ3n) is 2.66. The van der Waals surface area contributed by atoms with Crippen LogP contribution < -0.4 is 5.32 Å². The van der Waals surface area contributed by atoms with Crippen LogP contribution in [0.15, 0.2) is 18.2 Å². The first kappa shape index (κ1) is 10.7. The molecule has 2 rings (SSSR count). The van der Waals surface area contributed by atoms with Crippen LogP contribution in [0.1, 0.15) is 19.8 Å². The fraction of sp³-hybridized carbons (Fsp3) is 0.545. The molecule has 1 saturated heterocycles. The first-order valence-electron chi connectivity index (χ1n) is 5.26. The van der Waals surface area contributed by atoms with E-state index >= 15 is 0 Å². The van der Waals surface area contributed by atoms with Crippen molar-refractivity contribution in [3.8, 4) is 0 Å². The fourth-order valence-corrected chi connectivity index (χ4v) is 2.93. The third kappa shape index (κ3) is 2.84. The summed E-state index contributed by atoms with van der Waals surface area (Å²) in [4.78, 5) is 3.81. The van der Waals surface area contributed by atoms with Crippen molar-refractivity contribution in [3.05, 3.63) is 24.1 Å². The number of pyridine rings is 1. The molecule has 0 radical (unpaired) electrons. The monoisotopic (exact) mass is 226 g/mol. The summed E-state index contributed by atoms with van der Waals surface area (Å²) in [5.41, 5.74) is 0. The maximum Gasteiger partial charge on any atom is 0.214 e. The van der Waals surface area contributed by atoms with Crippen molar-refractivity contribution >= 4 is 17.6 Å². The van der Waals surface area contributed by atoms with E-state index in [9.17, 15) is 4.39 Å². The molecule has 1 aromatic heterocycles. The molecule has 0 spiro atoms. The number of hydrogen-bond donors (Lipinski definition) is 1. The Morgan fingerprint density at radius 1 is 1.53 bits per heavy atom. The van der Waals surface area contributed by atoms with Crippen molar-refractivity contribution in [2.45, 2.75) is 31.1 Å². The highest BCUT2D eigenvalue weighted by Crippen LogP contribution is 2.27. The van der Waals surface area contributed by atoms with E-state index in [4.69, 9.17) is 0 Å². The summed E-state index contributed by atoms with van der Waals surface area (Å²) in [6.07, 6.45) is 2.37. The number of thioether (sulfide) groups is 1. The standard InChI is InChI=1S/C11H15FN2S/c1-8-9(4-3-7-15-8)13-11-6-2-5-10(12)14-11/h2,5-6,8-9H,3-4,7H2,1H3,(H,13,14). The van der Waals surface area contributed by atoms with Crippen LogP contribution in [0, 0.1) is 5.95 Å². The van der Waals surface area contributed by atoms with Crippen LogP contribution in [0.4, 0.5) is 10.2 Å². The van der Waals surface area contributed by atoms with Gasteiger partial charge in [-0.25, -0.2) is 4.98 Å². The Balaban J connectivity index is 2.01. The molecular formula is C11H15FN2S. The van der Waals surface area contributed by atoms with Gasteiger partial charge in [-0.05, 0) is 30.7 Å². The minimum atomic E-state index is -0.420. The maximum atomic E-state index is 12.9. The zero-order valence-electron chi connectivity index (χ0n) is 8.74. The van der Waals surface area contributed by atoms with Crippen LogP contribution in [-0.4, -0.2) is 22.0 Å². The summed E-state index contributed by atoms with van der Waals surface area (Å²) in [5, 5.41) is 3.87.